The van der Waals surface area contributed by atoms with E-state index in [2.05, 4.69) is 15.5 Å². The van der Waals surface area contributed by atoms with Crippen LogP contribution < -0.4 is 5.32 Å². The Labute approximate surface area is 150 Å². The Morgan fingerprint density at radius 2 is 2.28 bits per heavy atom. The highest BCUT2D eigenvalue weighted by Gasteiger charge is 2.22. The summed E-state index contributed by atoms with van der Waals surface area (Å²) in [5.41, 5.74) is 0.792. The van der Waals surface area contributed by atoms with Crippen LogP contribution in [0.2, 0.25) is 0 Å². The van der Waals surface area contributed by atoms with E-state index < -0.39 is 0 Å². The number of ether oxygens (including phenoxy) is 1. The second-order valence-electron chi connectivity index (χ2n) is 6.11. The molecule has 8 heteroatoms. The molecule has 1 aromatic heterocycles. The van der Waals surface area contributed by atoms with Gasteiger partial charge in [0.2, 0.25) is 11.0 Å². The lowest BCUT2D eigenvalue weighted by Crippen LogP contribution is -2.38. The molecule has 1 saturated heterocycles. The number of nitrogens with zero attached hydrogens (tertiary/aromatic N) is 3. The lowest BCUT2D eigenvalue weighted by molar-refractivity contribution is -0.117. The first-order valence-corrected chi connectivity index (χ1v) is 9.12. The van der Waals surface area contributed by atoms with E-state index in [1.165, 1.54) is 11.3 Å². The number of nitrogens with one attached hydrogen (secondary N) is 1. The van der Waals surface area contributed by atoms with Crippen molar-refractivity contribution < 1.29 is 14.6 Å². The summed E-state index contributed by atoms with van der Waals surface area (Å²) in [7, 11) is 0. The van der Waals surface area contributed by atoms with E-state index in [0.717, 1.165) is 30.0 Å². The van der Waals surface area contributed by atoms with Gasteiger partial charge in [-0.2, -0.15) is 0 Å². The molecule has 1 unspecified atom stereocenters. The van der Waals surface area contributed by atoms with Gasteiger partial charge >= 0.3 is 0 Å². The summed E-state index contributed by atoms with van der Waals surface area (Å²) in [6.07, 6.45) is 2.17. The second-order valence-corrected chi connectivity index (χ2v) is 7.29. The summed E-state index contributed by atoms with van der Waals surface area (Å²) in [4.78, 5) is 14.4. The molecule has 2 N–H and O–H groups in total. The average Bonchev–Trinajstić information content (AvgIpc) is 3.21. The maximum Gasteiger partial charge on any atom is 0.240 e. The molecule has 0 radical (unpaired) electrons. The number of rotatable bonds is 7. The number of aromatic nitrogens is 2. The predicted molar refractivity (Wildman–Crippen MR) is 95.6 cm³/mol. The third-order valence-electron chi connectivity index (χ3n) is 4.01. The lowest BCUT2D eigenvalue weighted by atomic mass is 10.1. The molecule has 7 nitrogen and oxygen atoms in total. The largest absolute Gasteiger partial charge is 0.508 e. The van der Waals surface area contributed by atoms with Crippen molar-refractivity contribution in [1.82, 2.24) is 15.1 Å². The van der Waals surface area contributed by atoms with Gasteiger partial charge in [0.15, 0.2) is 0 Å². The molecule has 1 amide bonds. The van der Waals surface area contributed by atoms with Gasteiger partial charge in [-0.3, -0.25) is 15.0 Å². The number of carbonyl (C=O) groups is 1. The number of aromatic hydroxyl groups is 1. The molecule has 0 bridgehead atoms. The van der Waals surface area contributed by atoms with Crippen molar-refractivity contribution >= 4 is 22.4 Å². The van der Waals surface area contributed by atoms with Crippen LogP contribution in [0.1, 0.15) is 23.4 Å². The average molecular weight is 362 g/mol. The van der Waals surface area contributed by atoms with Gasteiger partial charge in [0.1, 0.15) is 10.8 Å². The van der Waals surface area contributed by atoms with E-state index >= 15 is 0 Å². The molecule has 1 aliphatic heterocycles. The molecule has 1 fully saturated rings. The van der Waals surface area contributed by atoms with E-state index in [-0.39, 0.29) is 24.3 Å². The molecule has 25 heavy (non-hydrogen) atoms. The van der Waals surface area contributed by atoms with Crippen LogP contribution in [0.5, 0.6) is 5.75 Å². The first kappa shape index (κ1) is 17.8. The van der Waals surface area contributed by atoms with Gasteiger partial charge in [-0.05, 0) is 25.8 Å². The highest BCUT2D eigenvalue weighted by atomic mass is 32.1. The van der Waals surface area contributed by atoms with Gasteiger partial charge in [0.25, 0.3) is 0 Å². The van der Waals surface area contributed by atoms with Crippen molar-refractivity contribution in [1.29, 1.82) is 0 Å². The minimum absolute atomic E-state index is 0.127. The van der Waals surface area contributed by atoms with Crippen LogP contribution >= 0.6 is 11.3 Å². The molecular formula is C17H22N4O3S. The Morgan fingerprint density at radius 1 is 1.44 bits per heavy atom. The summed E-state index contributed by atoms with van der Waals surface area (Å²) in [5, 5.41) is 21.9. The number of para-hydroxylation sites is 1. The third kappa shape index (κ3) is 5.22. The molecule has 1 atom stereocenters. The Hall–Kier alpha value is -2.03. The van der Waals surface area contributed by atoms with Gasteiger partial charge in [-0.1, -0.05) is 29.5 Å². The molecule has 1 aliphatic rings. The zero-order valence-corrected chi connectivity index (χ0v) is 15.0. The fourth-order valence-electron chi connectivity index (χ4n) is 2.86. The molecule has 0 spiro atoms. The van der Waals surface area contributed by atoms with Crippen LogP contribution in [0.4, 0.5) is 5.13 Å². The normalized spacial score (nSPS) is 17.1. The Morgan fingerprint density at radius 3 is 2.96 bits per heavy atom. The standard InChI is InChI=1S/C17H22N4O3S/c1-12-19-20-17(25-12)18-16(23)11-21(10-14-6-4-8-24-14)9-13-5-2-3-7-15(13)22/h2-3,5,7,14,22H,4,6,8-11H2,1H3,(H,18,20,23). The summed E-state index contributed by atoms with van der Waals surface area (Å²) < 4.78 is 5.70. The topological polar surface area (TPSA) is 87.6 Å². The van der Waals surface area contributed by atoms with Gasteiger partial charge in [-0.15, -0.1) is 10.2 Å². The predicted octanol–water partition coefficient (Wildman–Crippen LogP) is 2.17. The quantitative estimate of drug-likeness (QED) is 0.785. The van der Waals surface area contributed by atoms with Gasteiger partial charge in [0, 0.05) is 25.3 Å². The summed E-state index contributed by atoms with van der Waals surface area (Å²) in [6.45, 7) is 3.94. The number of amides is 1. The van der Waals surface area contributed by atoms with Crippen molar-refractivity contribution in [2.75, 3.05) is 25.0 Å². The number of benzene rings is 1. The number of carbonyl (C=O) groups excluding carboxylic acids is 1. The molecule has 134 valence electrons. The lowest BCUT2D eigenvalue weighted by Gasteiger charge is -2.24. The maximum atomic E-state index is 12.4. The Balaban J connectivity index is 1.64. The van der Waals surface area contributed by atoms with Crippen molar-refractivity contribution in [2.24, 2.45) is 0 Å². The highest BCUT2D eigenvalue weighted by Crippen LogP contribution is 2.20. The second kappa shape index (κ2) is 8.37. The minimum atomic E-state index is -0.149. The molecule has 2 aromatic rings. The molecule has 0 saturated carbocycles. The number of aryl methyl sites for hydroxylation is 1. The Bertz CT molecular complexity index is 715. The van der Waals surface area contributed by atoms with Crippen LogP contribution in [0.15, 0.2) is 24.3 Å². The molecule has 0 aliphatic carbocycles. The zero-order valence-electron chi connectivity index (χ0n) is 14.1. The van der Waals surface area contributed by atoms with Crippen molar-refractivity contribution in [3.05, 3.63) is 34.8 Å². The van der Waals surface area contributed by atoms with Crippen LogP contribution in [0.3, 0.4) is 0 Å². The van der Waals surface area contributed by atoms with E-state index in [9.17, 15) is 9.90 Å². The van der Waals surface area contributed by atoms with E-state index in [1.807, 2.05) is 24.0 Å². The maximum absolute atomic E-state index is 12.4. The fourth-order valence-corrected chi connectivity index (χ4v) is 3.46. The number of anilines is 1. The third-order valence-corrected chi connectivity index (χ3v) is 4.77. The van der Waals surface area contributed by atoms with Crippen LogP contribution in [0.25, 0.3) is 0 Å². The molecule has 3 rings (SSSR count). The van der Waals surface area contributed by atoms with Gasteiger partial charge in [-0.25, -0.2) is 0 Å². The smallest absolute Gasteiger partial charge is 0.240 e. The van der Waals surface area contributed by atoms with Crippen molar-refractivity contribution in [2.45, 2.75) is 32.4 Å². The molecule has 2 heterocycles. The number of phenolic OH excluding ortho intramolecular Hbond substituents is 1. The van der Waals surface area contributed by atoms with E-state index in [4.69, 9.17) is 4.74 Å². The van der Waals surface area contributed by atoms with E-state index in [1.54, 1.807) is 12.1 Å². The van der Waals surface area contributed by atoms with Gasteiger partial charge in [0.05, 0.1) is 12.6 Å². The molecular weight excluding hydrogens is 340 g/mol. The summed E-state index contributed by atoms with van der Waals surface area (Å²) in [5.74, 6) is 0.0876. The highest BCUT2D eigenvalue weighted by molar-refractivity contribution is 7.15. The molecule has 1 aromatic carbocycles. The van der Waals surface area contributed by atoms with Crippen molar-refractivity contribution in [3.8, 4) is 5.75 Å². The van der Waals surface area contributed by atoms with Gasteiger partial charge < -0.3 is 9.84 Å². The Kier molecular flexibility index (Phi) is 5.95. The van der Waals surface area contributed by atoms with Crippen LogP contribution in [-0.2, 0) is 16.1 Å². The van der Waals surface area contributed by atoms with Crippen molar-refractivity contribution in [3.63, 3.8) is 0 Å². The van der Waals surface area contributed by atoms with E-state index in [0.29, 0.717) is 18.2 Å². The number of hydrogen-bond donors (Lipinski definition) is 2. The zero-order chi connectivity index (χ0) is 17.6. The number of phenols is 1. The first-order valence-electron chi connectivity index (χ1n) is 8.31. The van der Waals surface area contributed by atoms with Crippen LogP contribution in [0, 0.1) is 6.92 Å². The first-order chi connectivity index (χ1) is 12.1. The fraction of sp³-hybridized carbons (Fsp3) is 0.471. The number of hydrogen-bond acceptors (Lipinski definition) is 7. The summed E-state index contributed by atoms with van der Waals surface area (Å²) in [6, 6.07) is 7.19. The minimum Gasteiger partial charge on any atom is -0.508 e. The SMILES string of the molecule is Cc1nnc(NC(=O)CN(Cc2ccccc2O)CC2CCCO2)s1. The summed E-state index contributed by atoms with van der Waals surface area (Å²) >= 11 is 1.35. The van der Waals surface area contributed by atoms with Crippen LogP contribution in [-0.4, -0.2) is 51.9 Å². The monoisotopic (exact) mass is 362 g/mol.